The second kappa shape index (κ2) is 9.65. The minimum absolute atomic E-state index is 0.0174. The number of hydrogen-bond donors (Lipinski definition) is 2. The topological polar surface area (TPSA) is 110 Å². The molecule has 2 N–H and O–H groups in total. The average molecular weight is 411 g/mol. The first-order valence-electron chi connectivity index (χ1n) is 10.1. The fourth-order valence-corrected chi connectivity index (χ4v) is 5.37. The molecule has 1 saturated carbocycles. The smallest absolute Gasteiger partial charge is 0.223 e. The summed E-state index contributed by atoms with van der Waals surface area (Å²) in [6, 6.07) is 1.80. The van der Waals surface area contributed by atoms with Crippen LogP contribution in [0.25, 0.3) is 0 Å². The minimum atomic E-state index is -2.92. The van der Waals surface area contributed by atoms with Crippen molar-refractivity contribution < 1.29 is 17.9 Å². The number of nitrogens with one attached hydrogen (secondary N) is 2. The summed E-state index contributed by atoms with van der Waals surface area (Å²) in [7, 11) is -2.92. The fourth-order valence-electron chi connectivity index (χ4n) is 3.88. The van der Waals surface area contributed by atoms with Gasteiger partial charge in [-0.3, -0.25) is 4.79 Å². The molecular formula is C19H30N4O4S. The molecule has 0 spiro atoms. The van der Waals surface area contributed by atoms with E-state index in [1.807, 2.05) is 0 Å². The van der Waals surface area contributed by atoms with Gasteiger partial charge in [0.1, 0.15) is 9.84 Å². The molecule has 1 saturated heterocycles. The highest BCUT2D eigenvalue weighted by Gasteiger charge is 2.36. The Morgan fingerprint density at radius 3 is 2.57 bits per heavy atom. The second-order valence-corrected chi connectivity index (χ2v) is 9.98. The number of carbonyl (C=O) groups excluding carboxylic acids is 1. The summed E-state index contributed by atoms with van der Waals surface area (Å²) >= 11 is 0. The van der Waals surface area contributed by atoms with Gasteiger partial charge in [-0.1, -0.05) is 6.92 Å². The molecule has 2 fully saturated rings. The number of aromatic nitrogens is 2. The maximum absolute atomic E-state index is 12.8. The van der Waals surface area contributed by atoms with Crippen molar-refractivity contribution in [2.75, 3.05) is 23.4 Å². The molecule has 1 aliphatic carbocycles. The Morgan fingerprint density at radius 1 is 1.18 bits per heavy atom. The van der Waals surface area contributed by atoms with Crippen molar-refractivity contribution in [3.8, 4) is 0 Å². The third-order valence-corrected chi connectivity index (χ3v) is 7.20. The molecular weight excluding hydrogens is 380 g/mol. The first-order chi connectivity index (χ1) is 13.5. The maximum atomic E-state index is 12.8. The number of anilines is 1. The number of nitrogens with zero attached hydrogens (tertiary/aromatic N) is 2. The van der Waals surface area contributed by atoms with Crippen LogP contribution < -0.4 is 10.6 Å². The molecule has 3 atom stereocenters. The molecule has 9 heteroatoms. The third-order valence-electron chi connectivity index (χ3n) is 5.48. The SMILES string of the molecule is CCCOC1CC(C(=O)NC2CCS(=O)(=O)CC2)CCC1Nc1ncccn1. The molecule has 3 unspecified atom stereocenters. The van der Waals surface area contributed by atoms with Crippen LogP contribution >= 0.6 is 0 Å². The Morgan fingerprint density at radius 2 is 1.89 bits per heavy atom. The quantitative estimate of drug-likeness (QED) is 0.701. The van der Waals surface area contributed by atoms with E-state index in [0.29, 0.717) is 31.8 Å². The molecule has 0 bridgehead atoms. The van der Waals surface area contributed by atoms with Crippen molar-refractivity contribution in [3.63, 3.8) is 0 Å². The highest BCUT2D eigenvalue weighted by atomic mass is 32.2. The van der Waals surface area contributed by atoms with E-state index < -0.39 is 9.84 Å². The number of ether oxygens (including phenoxy) is 1. The van der Waals surface area contributed by atoms with Gasteiger partial charge in [0.05, 0.1) is 23.7 Å². The predicted octanol–water partition coefficient (Wildman–Crippen LogP) is 1.55. The lowest BCUT2D eigenvalue weighted by atomic mass is 9.83. The van der Waals surface area contributed by atoms with Crippen LogP contribution in [0.1, 0.15) is 45.4 Å². The van der Waals surface area contributed by atoms with Crippen LogP contribution in [0, 0.1) is 5.92 Å². The molecule has 1 amide bonds. The normalized spacial score (nSPS) is 27.8. The van der Waals surface area contributed by atoms with E-state index in [1.165, 1.54) is 0 Å². The van der Waals surface area contributed by atoms with E-state index in [1.54, 1.807) is 18.5 Å². The largest absolute Gasteiger partial charge is 0.376 e. The zero-order valence-electron chi connectivity index (χ0n) is 16.3. The molecule has 0 aromatic carbocycles. The summed E-state index contributed by atoms with van der Waals surface area (Å²) in [5.41, 5.74) is 0. The second-order valence-electron chi connectivity index (χ2n) is 7.68. The van der Waals surface area contributed by atoms with Gasteiger partial charge in [-0.25, -0.2) is 18.4 Å². The van der Waals surface area contributed by atoms with Crippen LogP contribution in [0.2, 0.25) is 0 Å². The molecule has 2 heterocycles. The molecule has 1 aromatic rings. The number of sulfone groups is 1. The Hall–Kier alpha value is -1.74. The van der Waals surface area contributed by atoms with Gasteiger partial charge in [-0.2, -0.15) is 0 Å². The minimum Gasteiger partial charge on any atom is -0.376 e. The maximum Gasteiger partial charge on any atom is 0.223 e. The van der Waals surface area contributed by atoms with Gasteiger partial charge < -0.3 is 15.4 Å². The van der Waals surface area contributed by atoms with Crippen LogP contribution in [-0.4, -0.2) is 60.6 Å². The number of amides is 1. The van der Waals surface area contributed by atoms with Gasteiger partial charge in [0.25, 0.3) is 0 Å². The first kappa shape index (κ1) is 21.0. The molecule has 2 aliphatic rings. The average Bonchev–Trinajstić information content (AvgIpc) is 2.69. The lowest BCUT2D eigenvalue weighted by Gasteiger charge is -2.36. The standard InChI is InChI=1S/C19H30N4O4S/c1-2-10-27-17-13-14(4-5-16(17)23-19-20-8-3-9-21-19)18(24)22-15-6-11-28(25,26)12-7-15/h3,8-9,14-17H,2,4-7,10-13H2,1H3,(H,22,24)(H,20,21,23). The number of hydrogen-bond acceptors (Lipinski definition) is 7. The van der Waals surface area contributed by atoms with Gasteiger partial charge in [0, 0.05) is 31.0 Å². The van der Waals surface area contributed by atoms with E-state index in [4.69, 9.17) is 4.74 Å². The summed E-state index contributed by atoms with van der Waals surface area (Å²) in [5.74, 6) is 0.796. The lowest BCUT2D eigenvalue weighted by molar-refractivity contribution is -0.129. The van der Waals surface area contributed by atoms with E-state index in [0.717, 1.165) is 19.3 Å². The summed E-state index contributed by atoms with van der Waals surface area (Å²) in [4.78, 5) is 21.2. The van der Waals surface area contributed by atoms with E-state index in [-0.39, 0.29) is 41.5 Å². The molecule has 156 valence electrons. The number of carbonyl (C=O) groups is 1. The Labute approximate surface area is 166 Å². The van der Waals surface area contributed by atoms with Crippen molar-refractivity contribution in [1.29, 1.82) is 0 Å². The molecule has 8 nitrogen and oxygen atoms in total. The van der Waals surface area contributed by atoms with Gasteiger partial charge in [-0.05, 0) is 44.6 Å². The van der Waals surface area contributed by atoms with Crippen LogP contribution in [0.15, 0.2) is 18.5 Å². The van der Waals surface area contributed by atoms with Crippen molar-refractivity contribution in [3.05, 3.63) is 18.5 Å². The van der Waals surface area contributed by atoms with Crippen LogP contribution in [-0.2, 0) is 19.4 Å². The van der Waals surface area contributed by atoms with Gasteiger partial charge in [0.2, 0.25) is 11.9 Å². The highest BCUT2D eigenvalue weighted by Crippen LogP contribution is 2.29. The van der Waals surface area contributed by atoms with Crippen LogP contribution in [0.4, 0.5) is 5.95 Å². The molecule has 28 heavy (non-hydrogen) atoms. The summed E-state index contributed by atoms with van der Waals surface area (Å²) in [6.45, 7) is 2.71. The fraction of sp³-hybridized carbons (Fsp3) is 0.737. The Balaban J connectivity index is 1.56. The highest BCUT2D eigenvalue weighted by molar-refractivity contribution is 7.91. The van der Waals surface area contributed by atoms with Crippen LogP contribution in [0.3, 0.4) is 0 Å². The van der Waals surface area contributed by atoms with Gasteiger partial charge >= 0.3 is 0 Å². The first-order valence-corrected chi connectivity index (χ1v) is 11.9. The van der Waals surface area contributed by atoms with E-state index >= 15 is 0 Å². The summed E-state index contributed by atoms with van der Waals surface area (Å²) in [6.07, 6.45) is 7.43. The molecule has 1 aliphatic heterocycles. The molecule has 1 aromatic heterocycles. The lowest BCUT2D eigenvalue weighted by Crippen LogP contribution is -2.48. The Bertz CT molecular complexity index is 730. The van der Waals surface area contributed by atoms with Crippen molar-refractivity contribution >= 4 is 21.7 Å². The van der Waals surface area contributed by atoms with E-state index in [9.17, 15) is 13.2 Å². The molecule has 0 radical (unpaired) electrons. The summed E-state index contributed by atoms with van der Waals surface area (Å²) < 4.78 is 29.2. The summed E-state index contributed by atoms with van der Waals surface area (Å²) in [5, 5.41) is 6.41. The van der Waals surface area contributed by atoms with E-state index in [2.05, 4.69) is 27.5 Å². The van der Waals surface area contributed by atoms with Crippen molar-refractivity contribution in [1.82, 2.24) is 15.3 Å². The predicted molar refractivity (Wildman–Crippen MR) is 107 cm³/mol. The van der Waals surface area contributed by atoms with Gasteiger partial charge in [0.15, 0.2) is 0 Å². The molecule has 3 rings (SSSR count). The van der Waals surface area contributed by atoms with Gasteiger partial charge in [-0.15, -0.1) is 0 Å². The Kier molecular flexibility index (Phi) is 7.23. The number of rotatable bonds is 7. The third kappa shape index (κ3) is 5.88. The zero-order chi connectivity index (χ0) is 20.0. The monoisotopic (exact) mass is 410 g/mol. The van der Waals surface area contributed by atoms with Crippen molar-refractivity contribution in [2.45, 2.75) is 63.6 Å². The van der Waals surface area contributed by atoms with Crippen LogP contribution in [0.5, 0.6) is 0 Å². The van der Waals surface area contributed by atoms with Crippen molar-refractivity contribution in [2.24, 2.45) is 5.92 Å². The zero-order valence-corrected chi connectivity index (χ0v) is 17.2.